The highest BCUT2D eigenvalue weighted by molar-refractivity contribution is 6.07. The smallest absolute Gasteiger partial charge is 0.278 e. The van der Waals surface area contributed by atoms with E-state index in [1.807, 2.05) is 44.2 Å². The van der Waals surface area contributed by atoms with Crippen LogP contribution in [0, 0.1) is 13.8 Å². The third kappa shape index (κ3) is 4.00. The van der Waals surface area contributed by atoms with Gasteiger partial charge >= 0.3 is 0 Å². The van der Waals surface area contributed by atoms with Gasteiger partial charge in [0.1, 0.15) is 5.75 Å². The van der Waals surface area contributed by atoms with Crippen molar-refractivity contribution in [2.24, 2.45) is 0 Å². The number of rotatable bonds is 4. The van der Waals surface area contributed by atoms with E-state index in [0.29, 0.717) is 54.8 Å². The van der Waals surface area contributed by atoms with E-state index in [1.165, 1.54) is 0 Å². The van der Waals surface area contributed by atoms with Gasteiger partial charge in [-0.2, -0.15) is 0 Å². The number of morpholine rings is 1. The van der Waals surface area contributed by atoms with Crippen LogP contribution in [0.5, 0.6) is 5.75 Å². The Labute approximate surface area is 169 Å². The van der Waals surface area contributed by atoms with Crippen molar-refractivity contribution in [1.29, 1.82) is 0 Å². The number of nitrogens with zero attached hydrogens (tertiary/aromatic N) is 3. The number of nitrogens with one attached hydrogen (secondary N) is 1. The molecule has 1 aliphatic heterocycles. The first-order chi connectivity index (χ1) is 14.0. The van der Waals surface area contributed by atoms with Crippen molar-refractivity contribution < 1.29 is 14.3 Å². The lowest BCUT2D eigenvalue weighted by Crippen LogP contribution is -2.38. The number of anilines is 2. The second-order valence-electron chi connectivity index (χ2n) is 7.11. The van der Waals surface area contributed by atoms with E-state index in [2.05, 4.69) is 10.2 Å². The van der Waals surface area contributed by atoms with Crippen LogP contribution in [0.1, 0.15) is 21.6 Å². The molecule has 2 heterocycles. The summed E-state index contributed by atoms with van der Waals surface area (Å²) in [5.74, 6) is 0.962. The van der Waals surface area contributed by atoms with Gasteiger partial charge in [0.15, 0.2) is 11.5 Å². The molecule has 1 saturated heterocycles. The van der Waals surface area contributed by atoms with Gasteiger partial charge in [-0.15, -0.1) is 0 Å². The Bertz CT molecular complexity index is 1060. The van der Waals surface area contributed by atoms with Gasteiger partial charge in [-0.05, 0) is 49.2 Å². The molecule has 0 bridgehead atoms. The fourth-order valence-corrected chi connectivity index (χ4v) is 3.34. The molecule has 1 aromatic heterocycles. The first-order valence-corrected chi connectivity index (χ1v) is 9.62. The van der Waals surface area contributed by atoms with Crippen molar-refractivity contribution >= 4 is 28.4 Å². The first kappa shape index (κ1) is 19.1. The topological polar surface area (TPSA) is 76.6 Å². The predicted molar refractivity (Wildman–Crippen MR) is 113 cm³/mol. The molecule has 0 atom stereocenters. The Morgan fingerprint density at radius 2 is 1.76 bits per heavy atom. The summed E-state index contributed by atoms with van der Waals surface area (Å²) in [5.41, 5.74) is 4.71. The number of hydrogen-bond acceptors (Lipinski definition) is 6. The van der Waals surface area contributed by atoms with Crippen LogP contribution in [0.2, 0.25) is 0 Å². The summed E-state index contributed by atoms with van der Waals surface area (Å²) in [6.45, 7) is 6.62. The summed E-state index contributed by atoms with van der Waals surface area (Å²) in [5, 5.41) is 2.92. The van der Waals surface area contributed by atoms with E-state index in [0.717, 1.165) is 16.6 Å². The molecule has 150 valence electrons. The third-order valence-corrected chi connectivity index (χ3v) is 5.11. The number of fused-ring (bicyclic) bond motifs is 1. The van der Waals surface area contributed by atoms with Crippen molar-refractivity contribution in [2.45, 2.75) is 13.8 Å². The zero-order valence-electron chi connectivity index (χ0n) is 16.9. The van der Waals surface area contributed by atoms with E-state index in [9.17, 15) is 4.79 Å². The SMILES string of the molecule is COc1cccc(NC(=O)c2nc3cc(C)c(C)cc3nc2N2CCOCC2)c1. The molecule has 2 aromatic carbocycles. The van der Waals surface area contributed by atoms with E-state index >= 15 is 0 Å². The van der Waals surface area contributed by atoms with Crippen LogP contribution in [-0.4, -0.2) is 49.3 Å². The van der Waals surface area contributed by atoms with Gasteiger partial charge in [0.2, 0.25) is 0 Å². The maximum absolute atomic E-state index is 13.2. The predicted octanol–water partition coefficient (Wildman–Crippen LogP) is 3.34. The second kappa shape index (κ2) is 8.05. The largest absolute Gasteiger partial charge is 0.497 e. The van der Waals surface area contributed by atoms with Gasteiger partial charge in [0, 0.05) is 24.8 Å². The Morgan fingerprint density at radius 3 is 2.45 bits per heavy atom. The lowest BCUT2D eigenvalue weighted by Gasteiger charge is -2.29. The number of carbonyl (C=O) groups is 1. The minimum Gasteiger partial charge on any atom is -0.497 e. The number of aromatic nitrogens is 2. The molecule has 7 heteroatoms. The Kier molecular flexibility index (Phi) is 5.31. The molecule has 3 aromatic rings. The highest BCUT2D eigenvalue weighted by atomic mass is 16.5. The summed E-state index contributed by atoms with van der Waals surface area (Å²) in [6, 6.07) is 11.2. The number of carbonyl (C=O) groups excluding carboxylic acids is 1. The lowest BCUT2D eigenvalue weighted by molar-refractivity contribution is 0.102. The van der Waals surface area contributed by atoms with Crippen LogP contribution in [0.4, 0.5) is 11.5 Å². The molecule has 1 fully saturated rings. The van der Waals surface area contributed by atoms with Crippen molar-refractivity contribution in [2.75, 3.05) is 43.6 Å². The average Bonchev–Trinajstić information content (AvgIpc) is 2.74. The van der Waals surface area contributed by atoms with Crippen LogP contribution in [0.15, 0.2) is 36.4 Å². The van der Waals surface area contributed by atoms with E-state index in [1.54, 1.807) is 13.2 Å². The van der Waals surface area contributed by atoms with Gasteiger partial charge in [0.25, 0.3) is 5.91 Å². The lowest BCUT2D eigenvalue weighted by atomic mass is 10.1. The molecule has 4 rings (SSSR count). The zero-order valence-corrected chi connectivity index (χ0v) is 16.9. The van der Waals surface area contributed by atoms with Crippen molar-refractivity contribution in [3.8, 4) is 5.75 Å². The first-order valence-electron chi connectivity index (χ1n) is 9.62. The molecule has 1 aliphatic rings. The minimum atomic E-state index is -0.299. The number of aryl methyl sites for hydroxylation is 2. The van der Waals surface area contributed by atoms with Crippen LogP contribution >= 0.6 is 0 Å². The molecular formula is C22H24N4O3. The molecule has 0 unspecified atom stereocenters. The van der Waals surface area contributed by atoms with Crippen LogP contribution in [-0.2, 0) is 4.74 Å². The van der Waals surface area contributed by atoms with E-state index < -0.39 is 0 Å². The number of amides is 1. The summed E-state index contributed by atoms with van der Waals surface area (Å²) in [4.78, 5) is 24.7. The third-order valence-electron chi connectivity index (χ3n) is 5.11. The molecular weight excluding hydrogens is 368 g/mol. The summed E-state index contributed by atoms with van der Waals surface area (Å²) in [6.07, 6.45) is 0. The minimum absolute atomic E-state index is 0.299. The molecule has 0 radical (unpaired) electrons. The van der Waals surface area contributed by atoms with Crippen molar-refractivity contribution in [1.82, 2.24) is 9.97 Å². The van der Waals surface area contributed by atoms with E-state index in [4.69, 9.17) is 19.4 Å². The summed E-state index contributed by atoms with van der Waals surface area (Å²) < 4.78 is 10.7. The Balaban J connectivity index is 1.77. The number of methoxy groups -OCH3 is 1. The number of ether oxygens (including phenoxy) is 2. The fourth-order valence-electron chi connectivity index (χ4n) is 3.34. The number of benzene rings is 2. The highest BCUT2D eigenvalue weighted by Crippen LogP contribution is 2.25. The van der Waals surface area contributed by atoms with Crippen molar-refractivity contribution in [3.63, 3.8) is 0 Å². The molecule has 0 saturated carbocycles. The second-order valence-corrected chi connectivity index (χ2v) is 7.11. The summed E-state index contributed by atoms with van der Waals surface area (Å²) in [7, 11) is 1.59. The molecule has 1 N–H and O–H groups in total. The van der Waals surface area contributed by atoms with Crippen LogP contribution in [0.3, 0.4) is 0 Å². The van der Waals surface area contributed by atoms with Gasteiger partial charge in [-0.1, -0.05) is 6.07 Å². The molecule has 7 nitrogen and oxygen atoms in total. The molecule has 0 spiro atoms. The summed E-state index contributed by atoms with van der Waals surface area (Å²) >= 11 is 0. The van der Waals surface area contributed by atoms with Crippen LogP contribution in [0.25, 0.3) is 11.0 Å². The standard InChI is InChI=1S/C22H24N4O3/c1-14-11-18-19(12-15(14)2)25-21(26-7-9-29-10-8-26)20(24-18)22(27)23-16-5-4-6-17(13-16)28-3/h4-6,11-13H,7-10H2,1-3H3,(H,23,27). The zero-order chi connectivity index (χ0) is 20.4. The monoisotopic (exact) mass is 392 g/mol. The van der Waals surface area contributed by atoms with Crippen LogP contribution < -0.4 is 15.0 Å². The average molecular weight is 392 g/mol. The molecule has 0 aliphatic carbocycles. The molecule has 1 amide bonds. The fraction of sp³-hybridized carbons (Fsp3) is 0.318. The van der Waals surface area contributed by atoms with E-state index in [-0.39, 0.29) is 5.91 Å². The quantitative estimate of drug-likeness (QED) is 0.734. The Hall–Kier alpha value is -3.19. The van der Waals surface area contributed by atoms with Gasteiger partial charge in [0.05, 0.1) is 31.4 Å². The Morgan fingerprint density at radius 1 is 1.07 bits per heavy atom. The molecule has 29 heavy (non-hydrogen) atoms. The van der Waals surface area contributed by atoms with Gasteiger partial charge in [-0.3, -0.25) is 4.79 Å². The normalized spacial score (nSPS) is 14.1. The maximum Gasteiger partial charge on any atom is 0.278 e. The highest BCUT2D eigenvalue weighted by Gasteiger charge is 2.23. The van der Waals surface area contributed by atoms with Gasteiger partial charge < -0.3 is 19.7 Å². The van der Waals surface area contributed by atoms with Gasteiger partial charge in [-0.25, -0.2) is 9.97 Å². The number of hydrogen-bond donors (Lipinski definition) is 1. The maximum atomic E-state index is 13.2. The van der Waals surface area contributed by atoms with Crippen molar-refractivity contribution in [3.05, 3.63) is 53.2 Å².